The van der Waals surface area contributed by atoms with Gasteiger partial charge in [-0.25, -0.2) is 0 Å². The van der Waals surface area contributed by atoms with E-state index in [2.05, 4.69) is 19.0 Å². The fourth-order valence-electron chi connectivity index (χ4n) is 1.65. The van der Waals surface area contributed by atoms with E-state index in [1.165, 1.54) is 25.7 Å². The summed E-state index contributed by atoms with van der Waals surface area (Å²) in [5.41, 5.74) is 0. The summed E-state index contributed by atoms with van der Waals surface area (Å²) in [4.78, 5) is 2.25. The zero-order valence-electron chi connectivity index (χ0n) is 6.81. The van der Waals surface area contributed by atoms with Gasteiger partial charge >= 0.3 is 0 Å². The van der Waals surface area contributed by atoms with Crippen molar-refractivity contribution in [2.24, 2.45) is 0 Å². The maximum absolute atomic E-state index is 6.14. The Hall–Kier alpha value is 0.250. The van der Waals surface area contributed by atoms with Gasteiger partial charge in [-0.2, -0.15) is 0 Å². The van der Waals surface area contributed by atoms with Crippen LogP contribution in [0, 0.1) is 0 Å². The third kappa shape index (κ3) is 1.86. The van der Waals surface area contributed by atoms with Crippen LogP contribution in [0.25, 0.3) is 0 Å². The van der Waals surface area contributed by atoms with Crippen LogP contribution in [-0.4, -0.2) is 30.4 Å². The number of rotatable bonds is 1. The summed E-state index contributed by atoms with van der Waals surface area (Å²) in [5, 5.41) is 0.392. The summed E-state index contributed by atoms with van der Waals surface area (Å²) < 4.78 is 0. The lowest BCUT2D eigenvalue weighted by atomic mass is 9.94. The summed E-state index contributed by atoms with van der Waals surface area (Å²) in [6, 6.07) is 0.621. The molecule has 0 spiro atoms. The lowest BCUT2D eigenvalue weighted by molar-refractivity contribution is 0.233. The van der Waals surface area contributed by atoms with Crippen molar-refractivity contribution in [3.63, 3.8) is 0 Å². The van der Waals surface area contributed by atoms with Crippen molar-refractivity contribution in [2.45, 2.75) is 37.1 Å². The molecule has 0 heterocycles. The van der Waals surface area contributed by atoms with Crippen molar-refractivity contribution in [3.05, 3.63) is 0 Å². The lowest BCUT2D eigenvalue weighted by Gasteiger charge is -2.32. The SMILES string of the molecule is CN(C)[C@H]1CCCC[C@@H]1Cl. The van der Waals surface area contributed by atoms with Crippen molar-refractivity contribution in [3.8, 4) is 0 Å². The molecule has 1 saturated carbocycles. The third-order valence-electron chi connectivity index (χ3n) is 2.31. The highest BCUT2D eigenvalue weighted by Crippen LogP contribution is 2.25. The molecule has 0 aromatic rings. The molecule has 0 radical (unpaired) electrons. The topological polar surface area (TPSA) is 3.24 Å². The number of hydrogen-bond donors (Lipinski definition) is 0. The molecule has 0 aromatic heterocycles. The van der Waals surface area contributed by atoms with Crippen LogP contribution in [0.4, 0.5) is 0 Å². The van der Waals surface area contributed by atoms with E-state index in [4.69, 9.17) is 11.6 Å². The van der Waals surface area contributed by atoms with E-state index in [0.717, 1.165) is 0 Å². The Morgan fingerprint density at radius 2 is 1.80 bits per heavy atom. The first-order valence-corrected chi connectivity index (χ1v) is 4.46. The average Bonchev–Trinajstić information content (AvgIpc) is 1.88. The Morgan fingerprint density at radius 3 is 2.20 bits per heavy atom. The van der Waals surface area contributed by atoms with Crippen LogP contribution in [0.3, 0.4) is 0 Å². The van der Waals surface area contributed by atoms with E-state index in [1.54, 1.807) is 0 Å². The monoisotopic (exact) mass is 161 g/mol. The summed E-state index contributed by atoms with van der Waals surface area (Å²) in [6.45, 7) is 0. The Balaban J connectivity index is 2.40. The zero-order valence-corrected chi connectivity index (χ0v) is 7.56. The molecule has 10 heavy (non-hydrogen) atoms. The molecular formula is C8H16ClN. The van der Waals surface area contributed by atoms with E-state index in [-0.39, 0.29) is 0 Å². The van der Waals surface area contributed by atoms with Gasteiger partial charge in [0.2, 0.25) is 0 Å². The maximum Gasteiger partial charge on any atom is 0.0491 e. The summed E-state index contributed by atoms with van der Waals surface area (Å²) >= 11 is 6.14. The normalized spacial score (nSPS) is 34.8. The Kier molecular flexibility index (Phi) is 2.99. The molecule has 2 heteroatoms. The van der Waals surface area contributed by atoms with Crippen LogP contribution in [0.5, 0.6) is 0 Å². The fraction of sp³-hybridized carbons (Fsp3) is 1.00. The van der Waals surface area contributed by atoms with Gasteiger partial charge in [0.05, 0.1) is 0 Å². The maximum atomic E-state index is 6.14. The minimum absolute atomic E-state index is 0.392. The van der Waals surface area contributed by atoms with Crippen molar-refractivity contribution >= 4 is 11.6 Å². The van der Waals surface area contributed by atoms with Crippen molar-refractivity contribution < 1.29 is 0 Å². The predicted octanol–water partition coefficient (Wildman–Crippen LogP) is 2.10. The number of alkyl halides is 1. The first kappa shape index (κ1) is 8.35. The third-order valence-corrected chi connectivity index (χ3v) is 2.82. The van der Waals surface area contributed by atoms with Gasteiger partial charge in [0, 0.05) is 11.4 Å². The van der Waals surface area contributed by atoms with E-state index >= 15 is 0 Å². The van der Waals surface area contributed by atoms with Crippen LogP contribution >= 0.6 is 11.6 Å². The fourth-order valence-corrected chi connectivity index (χ4v) is 2.15. The van der Waals surface area contributed by atoms with Gasteiger partial charge in [0.1, 0.15) is 0 Å². The van der Waals surface area contributed by atoms with Crippen molar-refractivity contribution in [1.82, 2.24) is 4.90 Å². The molecule has 60 valence electrons. The molecule has 0 saturated heterocycles. The van der Waals surface area contributed by atoms with Crippen LogP contribution < -0.4 is 0 Å². The van der Waals surface area contributed by atoms with Gasteiger partial charge in [0.25, 0.3) is 0 Å². The van der Waals surface area contributed by atoms with Crippen LogP contribution in [-0.2, 0) is 0 Å². The molecule has 0 amide bonds. The van der Waals surface area contributed by atoms with Crippen LogP contribution in [0.2, 0.25) is 0 Å². The van der Waals surface area contributed by atoms with Gasteiger partial charge in [-0.1, -0.05) is 12.8 Å². The van der Waals surface area contributed by atoms with E-state index in [1.807, 2.05) is 0 Å². The largest absolute Gasteiger partial charge is 0.305 e. The second-order valence-corrected chi connectivity index (χ2v) is 3.89. The summed E-state index contributed by atoms with van der Waals surface area (Å²) in [6.07, 6.45) is 5.15. The lowest BCUT2D eigenvalue weighted by Crippen LogP contribution is -2.38. The first-order valence-electron chi connectivity index (χ1n) is 4.02. The van der Waals surface area contributed by atoms with E-state index in [0.29, 0.717) is 11.4 Å². The predicted molar refractivity (Wildman–Crippen MR) is 45.6 cm³/mol. The molecule has 1 aliphatic carbocycles. The number of halogens is 1. The molecular weight excluding hydrogens is 146 g/mol. The molecule has 2 atom stereocenters. The van der Waals surface area contributed by atoms with Crippen LogP contribution in [0.15, 0.2) is 0 Å². The molecule has 0 bridgehead atoms. The van der Waals surface area contributed by atoms with Crippen LogP contribution in [0.1, 0.15) is 25.7 Å². The second kappa shape index (κ2) is 3.59. The van der Waals surface area contributed by atoms with Gasteiger partial charge in [-0.05, 0) is 26.9 Å². The highest BCUT2D eigenvalue weighted by Gasteiger charge is 2.24. The number of hydrogen-bond acceptors (Lipinski definition) is 1. The van der Waals surface area contributed by atoms with Gasteiger partial charge < -0.3 is 4.90 Å². The Bertz CT molecular complexity index is 103. The first-order chi connectivity index (χ1) is 4.72. The minimum atomic E-state index is 0.392. The zero-order chi connectivity index (χ0) is 7.56. The molecule has 1 rings (SSSR count). The van der Waals surface area contributed by atoms with Crippen molar-refractivity contribution in [1.29, 1.82) is 0 Å². The molecule has 0 N–H and O–H groups in total. The average molecular weight is 162 g/mol. The Labute approximate surface area is 68.4 Å². The van der Waals surface area contributed by atoms with E-state index in [9.17, 15) is 0 Å². The summed E-state index contributed by atoms with van der Waals surface area (Å²) in [5.74, 6) is 0. The standard InChI is InChI=1S/C8H16ClN/c1-10(2)8-6-4-3-5-7(8)9/h7-8H,3-6H2,1-2H3/t7-,8-/m0/s1. The smallest absolute Gasteiger partial charge is 0.0491 e. The Morgan fingerprint density at radius 1 is 1.20 bits per heavy atom. The number of nitrogens with zero attached hydrogens (tertiary/aromatic N) is 1. The highest BCUT2D eigenvalue weighted by atomic mass is 35.5. The molecule has 1 fully saturated rings. The summed E-state index contributed by atoms with van der Waals surface area (Å²) in [7, 11) is 4.23. The molecule has 0 aliphatic heterocycles. The highest BCUT2D eigenvalue weighted by molar-refractivity contribution is 6.21. The second-order valence-electron chi connectivity index (χ2n) is 3.33. The molecule has 0 unspecified atom stereocenters. The van der Waals surface area contributed by atoms with Gasteiger partial charge in [-0.3, -0.25) is 0 Å². The van der Waals surface area contributed by atoms with Crippen molar-refractivity contribution in [2.75, 3.05) is 14.1 Å². The van der Waals surface area contributed by atoms with Gasteiger partial charge in [0.15, 0.2) is 0 Å². The quantitative estimate of drug-likeness (QED) is 0.533. The van der Waals surface area contributed by atoms with E-state index < -0.39 is 0 Å². The minimum Gasteiger partial charge on any atom is -0.305 e. The molecule has 0 aromatic carbocycles. The van der Waals surface area contributed by atoms with Gasteiger partial charge in [-0.15, -0.1) is 11.6 Å². The molecule has 1 aliphatic rings. The molecule has 1 nitrogen and oxygen atoms in total.